The Kier molecular flexibility index (Phi) is 4.07. The van der Waals surface area contributed by atoms with Gasteiger partial charge in [0.15, 0.2) is 9.84 Å². The summed E-state index contributed by atoms with van der Waals surface area (Å²) in [5.41, 5.74) is 0.622. The molecule has 0 N–H and O–H groups in total. The second-order valence-corrected chi connectivity index (χ2v) is 9.01. The van der Waals surface area contributed by atoms with Gasteiger partial charge in [0, 0.05) is 30.0 Å². The van der Waals surface area contributed by atoms with Gasteiger partial charge < -0.3 is 4.90 Å². The van der Waals surface area contributed by atoms with Crippen LogP contribution in [0.2, 0.25) is 0 Å². The number of pyridine rings is 1. The number of amides is 1. The zero-order chi connectivity index (χ0) is 17.4. The molecule has 2 saturated heterocycles. The summed E-state index contributed by atoms with van der Waals surface area (Å²) >= 11 is 0. The molecular formula is C19H20N2O3S. The van der Waals surface area contributed by atoms with Crippen LogP contribution in [0.25, 0.3) is 0 Å². The Morgan fingerprint density at radius 3 is 2.16 bits per heavy atom. The predicted octanol–water partition coefficient (Wildman–Crippen LogP) is 2.69. The highest BCUT2D eigenvalue weighted by Crippen LogP contribution is 2.40. The number of carbonyl (C=O) groups excluding carboxylic acids is 1. The van der Waals surface area contributed by atoms with Gasteiger partial charge in [-0.3, -0.25) is 9.78 Å². The van der Waals surface area contributed by atoms with Gasteiger partial charge in [-0.1, -0.05) is 18.2 Å². The Bertz CT molecular complexity index is 854. The van der Waals surface area contributed by atoms with Gasteiger partial charge in [-0.25, -0.2) is 8.42 Å². The van der Waals surface area contributed by atoms with Crippen molar-refractivity contribution in [2.24, 2.45) is 0 Å². The summed E-state index contributed by atoms with van der Waals surface area (Å²) in [6.07, 6.45) is 6.02. The number of nitrogens with zero attached hydrogens (tertiary/aromatic N) is 2. The first-order valence-corrected chi connectivity index (χ1v) is 10.1. The lowest BCUT2D eigenvalue weighted by atomic mass is 10.0. The second kappa shape index (κ2) is 6.26. The molecule has 0 radical (unpaired) electrons. The molecule has 5 nitrogen and oxygen atoms in total. The minimum Gasteiger partial charge on any atom is -0.333 e. The fourth-order valence-electron chi connectivity index (χ4n) is 4.16. The van der Waals surface area contributed by atoms with E-state index in [4.69, 9.17) is 0 Å². The average Bonchev–Trinajstić information content (AvgIpc) is 2.91. The van der Waals surface area contributed by atoms with Crippen LogP contribution in [-0.2, 0) is 9.84 Å². The lowest BCUT2D eigenvalue weighted by Crippen LogP contribution is -2.49. The van der Waals surface area contributed by atoms with Gasteiger partial charge in [0.2, 0.25) is 0 Å². The SMILES string of the molecule is O=C(c1ccncc1)N1C2CCC1CC(S(=O)(=O)c1ccccc1)C2. The van der Waals surface area contributed by atoms with Crippen molar-refractivity contribution < 1.29 is 13.2 Å². The van der Waals surface area contributed by atoms with Crippen LogP contribution in [0.4, 0.5) is 0 Å². The standard InChI is InChI=1S/C19H20N2O3S/c22-19(14-8-10-20-11-9-14)21-15-6-7-16(21)13-18(12-15)25(23,24)17-4-2-1-3-5-17/h1-5,8-11,15-16,18H,6-7,12-13H2. The van der Waals surface area contributed by atoms with Crippen LogP contribution >= 0.6 is 0 Å². The summed E-state index contributed by atoms with van der Waals surface area (Å²) in [6, 6.07) is 12.1. The van der Waals surface area contributed by atoms with Crippen LogP contribution < -0.4 is 0 Å². The molecule has 2 aromatic rings. The molecule has 1 aromatic carbocycles. The largest absolute Gasteiger partial charge is 0.333 e. The first-order chi connectivity index (χ1) is 12.1. The molecule has 2 unspecified atom stereocenters. The minimum absolute atomic E-state index is 0.00269. The van der Waals surface area contributed by atoms with Crippen molar-refractivity contribution in [2.75, 3.05) is 0 Å². The van der Waals surface area contributed by atoms with E-state index in [9.17, 15) is 13.2 Å². The summed E-state index contributed by atoms with van der Waals surface area (Å²) in [6.45, 7) is 0. The van der Waals surface area contributed by atoms with E-state index in [0.717, 1.165) is 12.8 Å². The first kappa shape index (κ1) is 16.3. The lowest BCUT2D eigenvalue weighted by molar-refractivity contribution is 0.0598. The topological polar surface area (TPSA) is 67.3 Å². The van der Waals surface area contributed by atoms with Crippen molar-refractivity contribution >= 4 is 15.7 Å². The number of aromatic nitrogens is 1. The Morgan fingerprint density at radius 2 is 1.56 bits per heavy atom. The molecule has 25 heavy (non-hydrogen) atoms. The van der Waals surface area contributed by atoms with Crippen molar-refractivity contribution in [1.29, 1.82) is 0 Å². The molecule has 2 aliphatic heterocycles. The number of sulfone groups is 1. The molecule has 1 aromatic heterocycles. The Morgan fingerprint density at radius 1 is 0.960 bits per heavy atom. The number of hydrogen-bond donors (Lipinski definition) is 0. The Hall–Kier alpha value is -2.21. The third kappa shape index (κ3) is 2.84. The molecule has 2 fully saturated rings. The zero-order valence-electron chi connectivity index (χ0n) is 13.8. The average molecular weight is 356 g/mol. The van der Waals surface area contributed by atoms with E-state index in [2.05, 4.69) is 4.98 Å². The predicted molar refractivity (Wildman–Crippen MR) is 93.9 cm³/mol. The van der Waals surface area contributed by atoms with Crippen molar-refractivity contribution in [2.45, 2.75) is 47.9 Å². The number of hydrogen-bond acceptors (Lipinski definition) is 4. The minimum atomic E-state index is -3.35. The summed E-state index contributed by atoms with van der Waals surface area (Å²) in [4.78, 5) is 19.1. The Labute approximate surface area is 147 Å². The number of rotatable bonds is 3. The number of fused-ring (bicyclic) bond motifs is 2. The molecule has 6 heteroatoms. The maximum Gasteiger partial charge on any atom is 0.254 e. The van der Waals surface area contributed by atoms with E-state index in [1.165, 1.54) is 0 Å². The number of carbonyl (C=O) groups is 1. The normalized spacial score (nSPS) is 25.8. The number of piperidine rings is 1. The molecule has 2 atom stereocenters. The fourth-order valence-corrected chi connectivity index (χ4v) is 6.03. The van der Waals surface area contributed by atoms with Gasteiger partial charge in [0.25, 0.3) is 5.91 Å². The van der Waals surface area contributed by atoms with Crippen LogP contribution in [0.1, 0.15) is 36.0 Å². The first-order valence-electron chi connectivity index (χ1n) is 8.59. The van der Waals surface area contributed by atoms with E-state index in [-0.39, 0.29) is 18.0 Å². The Balaban J connectivity index is 1.57. The van der Waals surface area contributed by atoms with Gasteiger partial charge in [-0.2, -0.15) is 0 Å². The number of benzene rings is 1. The molecule has 0 aliphatic carbocycles. The van der Waals surface area contributed by atoms with Crippen molar-refractivity contribution in [3.8, 4) is 0 Å². The molecule has 0 spiro atoms. The summed E-state index contributed by atoms with van der Waals surface area (Å²) in [5, 5.41) is -0.408. The van der Waals surface area contributed by atoms with Crippen LogP contribution in [0.5, 0.6) is 0 Å². The molecule has 130 valence electrons. The maximum absolute atomic E-state index is 12.9. The van der Waals surface area contributed by atoms with Crippen molar-refractivity contribution in [3.63, 3.8) is 0 Å². The smallest absolute Gasteiger partial charge is 0.254 e. The summed E-state index contributed by atoms with van der Waals surface area (Å²) in [5.74, 6) is -0.00883. The third-order valence-electron chi connectivity index (χ3n) is 5.36. The van der Waals surface area contributed by atoms with Gasteiger partial charge in [0.1, 0.15) is 0 Å². The second-order valence-electron chi connectivity index (χ2n) is 6.78. The zero-order valence-corrected chi connectivity index (χ0v) is 14.6. The van der Waals surface area contributed by atoms with Crippen molar-refractivity contribution in [3.05, 3.63) is 60.4 Å². The van der Waals surface area contributed by atoms with Crippen molar-refractivity contribution in [1.82, 2.24) is 9.88 Å². The molecule has 3 heterocycles. The fraction of sp³-hybridized carbons (Fsp3) is 0.368. The molecule has 1 amide bonds. The third-order valence-corrected chi connectivity index (χ3v) is 7.55. The maximum atomic E-state index is 12.9. The quantitative estimate of drug-likeness (QED) is 0.848. The van der Waals surface area contributed by atoms with E-state index >= 15 is 0 Å². The van der Waals surface area contributed by atoms with E-state index in [0.29, 0.717) is 23.3 Å². The lowest BCUT2D eigenvalue weighted by Gasteiger charge is -2.38. The molecule has 4 rings (SSSR count). The van der Waals surface area contributed by atoms with Crippen LogP contribution in [0.15, 0.2) is 59.8 Å². The highest BCUT2D eigenvalue weighted by Gasteiger charge is 2.47. The van der Waals surface area contributed by atoms with Crippen LogP contribution in [0, 0.1) is 0 Å². The summed E-state index contributed by atoms with van der Waals surface area (Å²) in [7, 11) is -3.35. The molecule has 2 bridgehead atoms. The van der Waals surface area contributed by atoms with Crippen LogP contribution in [0.3, 0.4) is 0 Å². The highest BCUT2D eigenvalue weighted by atomic mass is 32.2. The highest BCUT2D eigenvalue weighted by molar-refractivity contribution is 7.92. The van der Waals surface area contributed by atoms with E-state index < -0.39 is 15.1 Å². The van der Waals surface area contributed by atoms with Gasteiger partial charge in [-0.05, 0) is 49.9 Å². The van der Waals surface area contributed by atoms with Crippen LogP contribution in [-0.4, -0.2) is 41.5 Å². The van der Waals surface area contributed by atoms with Gasteiger partial charge in [-0.15, -0.1) is 0 Å². The monoisotopic (exact) mass is 356 g/mol. The molecular weight excluding hydrogens is 336 g/mol. The van der Waals surface area contributed by atoms with E-state index in [1.54, 1.807) is 48.8 Å². The van der Waals surface area contributed by atoms with E-state index in [1.807, 2.05) is 11.0 Å². The summed E-state index contributed by atoms with van der Waals surface area (Å²) < 4.78 is 25.9. The van der Waals surface area contributed by atoms with Gasteiger partial charge in [0.05, 0.1) is 10.1 Å². The molecule has 2 aliphatic rings. The molecule has 0 saturated carbocycles. The van der Waals surface area contributed by atoms with Gasteiger partial charge >= 0.3 is 0 Å².